The summed E-state index contributed by atoms with van der Waals surface area (Å²) in [5, 5.41) is 15.2. The summed E-state index contributed by atoms with van der Waals surface area (Å²) in [7, 11) is 0. The van der Waals surface area contributed by atoms with Crippen molar-refractivity contribution < 1.29 is 9.59 Å². The molecule has 0 unspecified atom stereocenters. The second-order valence-corrected chi connectivity index (χ2v) is 7.39. The maximum absolute atomic E-state index is 11.8. The minimum Gasteiger partial charge on any atom is -0.356 e. The Bertz CT molecular complexity index is 517. The molecule has 1 aliphatic rings. The maximum Gasteiger partial charge on any atom is 0.226 e. The summed E-state index contributed by atoms with van der Waals surface area (Å²) >= 11 is 1.46. The van der Waals surface area contributed by atoms with Crippen LogP contribution in [0, 0.1) is 5.41 Å². The molecule has 1 fully saturated rings. The van der Waals surface area contributed by atoms with Crippen molar-refractivity contribution in [3.05, 3.63) is 5.01 Å². The molecule has 7 heteroatoms. The molecule has 1 saturated carbocycles. The van der Waals surface area contributed by atoms with Crippen LogP contribution in [-0.2, 0) is 9.59 Å². The molecule has 1 aromatic rings. The van der Waals surface area contributed by atoms with Gasteiger partial charge >= 0.3 is 0 Å². The highest BCUT2D eigenvalue weighted by atomic mass is 32.1. The van der Waals surface area contributed by atoms with Crippen molar-refractivity contribution in [2.45, 2.75) is 52.4 Å². The van der Waals surface area contributed by atoms with Crippen molar-refractivity contribution in [1.82, 2.24) is 15.5 Å². The van der Waals surface area contributed by atoms with Crippen molar-refractivity contribution in [3.8, 4) is 0 Å². The first-order chi connectivity index (χ1) is 9.86. The summed E-state index contributed by atoms with van der Waals surface area (Å²) in [6.45, 7) is 6.10. The van der Waals surface area contributed by atoms with E-state index in [0.29, 0.717) is 30.4 Å². The van der Waals surface area contributed by atoms with E-state index in [2.05, 4.69) is 20.8 Å². The van der Waals surface area contributed by atoms with Crippen LogP contribution in [0.5, 0.6) is 0 Å². The summed E-state index contributed by atoms with van der Waals surface area (Å²) in [4.78, 5) is 23.4. The molecule has 0 aromatic carbocycles. The van der Waals surface area contributed by atoms with Gasteiger partial charge in [-0.2, -0.15) is 0 Å². The Hall–Kier alpha value is -1.50. The lowest BCUT2D eigenvalue weighted by Crippen LogP contribution is -2.35. The average Bonchev–Trinajstić information content (AvgIpc) is 3.14. The quantitative estimate of drug-likeness (QED) is 0.790. The van der Waals surface area contributed by atoms with Crippen molar-refractivity contribution in [3.63, 3.8) is 0 Å². The third-order valence-corrected chi connectivity index (χ3v) is 4.16. The van der Waals surface area contributed by atoms with E-state index < -0.39 is 5.41 Å². The first kappa shape index (κ1) is 15.9. The Kier molecular flexibility index (Phi) is 4.92. The molecule has 2 N–H and O–H groups in total. The van der Waals surface area contributed by atoms with Gasteiger partial charge in [0.05, 0.1) is 0 Å². The molecular formula is C14H22N4O2S. The van der Waals surface area contributed by atoms with Crippen LogP contribution in [0.2, 0.25) is 0 Å². The minimum absolute atomic E-state index is 0.00102. The molecule has 2 amide bonds. The van der Waals surface area contributed by atoms with Crippen LogP contribution in [0.4, 0.5) is 5.13 Å². The number of anilines is 1. The second-order valence-electron chi connectivity index (χ2n) is 6.38. The van der Waals surface area contributed by atoms with Crippen molar-refractivity contribution in [2.75, 3.05) is 11.9 Å². The average molecular weight is 310 g/mol. The number of nitrogens with zero attached hydrogens (tertiary/aromatic N) is 2. The van der Waals surface area contributed by atoms with Gasteiger partial charge in [0.15, 0.2) is 0 Å². The molecule has 0 aliphatic heterocycles. The molecule has 1 heterocycles. The van der Waals surface area contributed by atoms with Crippen LogP contribution in [0.25, 0.3) is 0 Å². The number of rotatable bonds is 6. The second kappa shape index (κ2) is 6.51. The van der Waals surface area contributed by atoms with E-state index in [1.165, 1.54) is 24.2 Å². The standard InChI is InChI=1S/C14H22N4O2S/c1-14(2,3)12(20)15-8-4-5-10(19)16-13-18-17-11(21-13)9-6-7-9/h9H,4-8H2,1-3H3,(H,15,20)(H,16,18,19). The zero-order chi connectivity index (χ0) is 15.5. The Morgan fingerprint density at radius 1 is 1.29 bits per heavy atom. The molecule has 2 rings (SSSR count). The SMILES string of the molecule is CC(C)(C)C(=O)NCCCC(=O)Nc1nnc(C2CC2)s1. The lowest BCUT2D eigenvalue weighted by atomic mass is 9.96. The first-order valence-electron chi connectivity index (χ1n) is 7.28. The van der Waals surface area contributed by atoms with Gasteiger partial charge in [-0.05, 0) is 19.3 Å². The minimum atomic E-state index is -0.395. The lowest BCUT2D eigenvalue weighted by molar-refractivity contribution is -0.128. The lowest BCUT2D eigenvalue weighted by Gasteiger charge is -2.17. The summed E-state index contributed by atoms with van der Waals surface area (Å²) in [6, 6.07) is 0. The van der Waals surface area contributed by atoms with Crippen LogP contribution in [-0.4, -0.2) is 28.6 Å². The van der Waals surface area contributed by atoms with Crippen LogP contribution in [0.15, 0.2) is 0 Å². The first-order valence-corrected chi connectivity index (χ1v) is 8.09. The normalized spacial score (nSPS) is 14.8. The fourth-order valence-electron chi connectivity index (χ4n) is 1.68. The van der Waals surface area contributed by atoms with Crippen molar-refractivity contribution in [2.24, 2.45) is 5.41 Å². The molecule has 1 aliphatic carbocycles. The molecule has 116 valence electrons. The topological polar surface area (TPSA) is 84.0 Å². The molecule has 0 saturated heterocycles. The monoisotopic (exact) mass is 310 g/mol. The summed E-state index contributed by atoms with van der Waals surface area (Å²) < 4.78 is 0. The summed E-state index contributed by atoms with van der Waals surface area (Å²) in [6.07, 6.45) is 3.33. The van der Waals surface area contributed by atoms with E-state index in [1.807, 2.05) is 20.8 Å². The van der Waals surface area contributed by atoms with Gasteiger partial charge in [0.2, 0.25) is 16.9 Å². The van der Waals surface area contributed by atoms with Crippen LogP contribution >= 0.6 is 11.3 Å². The Morgan fingerprint density at radius 3 is 2.62 bits per heavy atom. The molecule has 21 heavy (non-hydrogen) atoms. The Morgan fingerprint density at radius 2 is 2.00 bits per heavy atom. The smallest absolute Gasteiger partial charge is 0.226 e. The molecular weight excluding hydrogens is 288 g/mol. The fraction of sp³-hybridized carbons (Fsp3) is 0.714. The van der Waals surface area contributed by atoms with Gasteiger partial charge < -0.3 is 10.6 Å². The van der Waals surface area contributed by atoms with Gasteiger partial charge in [-0.3, -0.25) is 9.59 Å². The van der Waals surface area contributed by atoms with Gasteiger partial charge in [-0.1, -0.05) is 32.1 Å². The van der Waals surface area contributed by atoms with E-state index >= 15 is 0 Å². The number of hydrogen-bond donors (Lipinski definition) is 2. The van der Waals surface area contributed by atoms with E-state index in [4.69, 9.17) is 0 Å². The molecule has 0 spiro atoms. The third kappa shape index (κ3) is 5.08. The number of aromatic nitrogens is 2. The highest BCUT2D eigenvalue weighted by Gasteiger charge is 2.27. The Balaban J connectivity index is 1.64. The molecule has 0 bridgehead atoms. The molecule has 1 aromatic heterocycles. The Labute approximate surface area is 128 Å². The molecule has 0 radical (unpaired) electrons. The predicted octanol–water partition coefficient (Wildman–Crippen LogP) is 2.30. The van der Waals surface area contributed by atoms with E-state index in [1.54, 1.807) is 0 Å². The van der Waals surface area contributed by atoms with Gasteiger partial charge in [-0.15, -0.1) is 10.2 Å². The summed E-state index contributed by atoms with van der Waals surface area (Å²) in [5.41, 5.74) is -0.395. The highest BCUT2D eigenvalue weighted by molar-refractivity contribution is 7.15. The van der Waals surface area contributed by atoms with Crippen LogP contribution < -0.4 is 10.6 Å². The number of carbonyl (C=O) groups excluding carboxylic acids is 2. The van der Waals surface area contributed by atoms with E-state index in [9.17, 15) is 9.59 Å². The van der Waals surface area contributed by atoms with E-state index in [0.717, 1.165) is 5.01 Å². The zero-order valence-corrected chi connectivity index (χ0v) is 13.5. The van der Waals surface area contributed by atoms with Crippen LogP contribution in [0.1, 0.15) is 57.4 Å². The zero-order valence-electron chi connectivity index (χ0n) is 12.7. The van der Waals surface area contributed by atoms with Crippen molar-refractivity contribution >= 4 is 28.3 Å². The highest BCUT2D eigenvalue weighted by Crippen LogP contribution is 2.42. The van der Waals surface area contributed by atoms with Crippen LogP contribution in [0.3, 0.4) is 0 Å². The molecule has 6 nitrogen and oxygen atoms in total. The number of hydrogen-bond acceptors (Lipinski definition) is 5. The largest absolute Gasteiger partial charge is 0.356 e. The predicted molar refractivity (Wildman–Crippen MR) is 82.2 cm³/mol. The maximum atomic E-state index is 11.8. The number of amides is 2. The molecule has 0 atom stereocenters. The summed E-state index contributed by atoms with van der Waals surface area (Å²) in [5.74, 6) is 0.473. The van der Waals surface area contributed by atoms with Gasteiger partial charge in [0.25, 0.3) is 0 Å². The van der Waals surface area contributed by atoms with E-state index in [-0.39, 0.29) is 11.8 Å². The number of carbonyl (C=O) groups is 2. The number of nitrogens with one attached hydrogen (secondary N) is 2. The van der Waals surface area contributed by atoms with Gasteiger partial charge in [0.1, 0.15) is 5.01 Å². The van der Waals surface area contributed by atoms with Gasteiger partial charge in [-0.25, -0.2) is 0 Å². The third-order valence-electron chi connectivity index (χ3n) is 3.16. The van der Waals surface area contributed by atoms with Gasteiger partial charge in [0, 0.05) is 24.3 Å². The fourth-order valence-corrected chi connectivity index (χ4v) is 2.61. The van der Waals surface area contributed by atoms with Crippen molar-refractivity contribution in [1.29, 1.82) is 0 Å².